The second-order valence-corrected chi connectivity index (χ2v) is 8.61. The van der Waals surface area contributed by atoms with Gasteiger partial charge in [0.25, 0.3) is 0 Å². The monoisotopic (exact) mass is 314 g/mol. The number of nitrogens with zero attached hydrogens (tertiary/aromatic N) is 2. The summed E-state index contributed by atoms with van der Waals surface area (Å²) in [6, 6.07) is 12.7. The van der Waals surface area contributed by atoms with Gasteiger partial charge in [-0.05, 0) is 52.5 Å². The number of hydrogen-bond acceptors (Lipinski definition) is 3. The highest BCUT2D eigenvalue weighted by Crippen LogP contribution is 2.50. The van der Waals surface area contributed by atoms with E-state index in [1.165, 1.54) is 24.8 Å². The first-order valence-electron chi connectivity index (χ1n) is 9.22. The van der Waals surface area contributed by atoms with Gasteiger partial charge in [0.05, 0.1) is 12.1 Å². The second kappa shape index (κ2) is 5.58. The minimum absolute atomic E-state index is 0.0730. The van der Waals surface area contributed by atoms with Crippen molar-refractivity contribution in [2.45, 2.75) is 83.3 Å². The second-order valence-electron chi connectivity index (χ2n) is 8.61. The van der Waals surface area contributed by atoms with Crippen LogP contribution in [-0.2, 0) is 11.4 Å². The van der Waals surface area contributed by atoms with Gasteiger partial charge in [-0.3, -0.25) is 9.74 Å². The van der Waals surface area contributed by atoms with Crippen LogP contribution in [0.15, 0.2) is 30.3 Å². The lowest BCUT2D eigenvalue weighted by atomic mass is 9.80. The van der Waals surface area contributed by atoms with E-state index in [-0.39, 0.29) is 5.54 Å². The van der Waals surface area contributed by atoms with Gasteiger partial charge in [0.2, 0.25) is 0 Å². The maximum absolute atomic E-state index is 6.44. The van der Waals surface area contributed by atoms with Crippen LogP contribution in [0.1, 0.15) is 52.5 Å². The topological polar surface area (TPSA) is 15.7 Å². The minimum Gasteiger partial charge on any atom is -0.294 e. The van der Waals surface area contributed by atoms with Crippen LogP contribution in [0.25, 0.3) is 0 Å². The van der Waals surface area contributed by atoms with Gasteiger partial charge in [0.15, 0.2) is 0 Å². The van der Waals surface area contributed by atoms with E-state index in [0.29, 0.717) is 30.1 Å². The van der Waals surface area contributed by atoms with Crippen LogP contribution in [0, 0.1) is 5.92 Å². The fourth-order valence-corrected chi connectivity index (χ4v) is 5.17. The van der Waals surface area contributed by atoms with Gasteiger partial charge < -0.3 is 0 Å². The SMILES string of the molecule is C[C@H]1[C@H]2[C@H]3[C@H](CCC[C@H]3N1Cc1ccccc1)ON2C(C)(C)C. The highest BCUT2D eigenvalue weighted by molar-refractivity contribution is 5.17. The maximum atomic E-state index is 6.44. The van der Waals surface area contributed by atoms with Gasteiger partial charge in [-0.15, -0.1) is 0 Å². The van der Waals surface area contributed by atoms with Crippen LogP contribution in [0.2, 0.25) is 0 Å². The van der Waals surface area contributed by atoms with Crippen molar-refractivity contribution in [1.82, 2.24) is 9.96 Å². The average Bonchev–Trinajstić information content (AvgIpc) is 3.04. The molecule has 0 unspecified atom stereocenters. The van der Waals surface area contributed by atoms with E-state index in [1.54, 1.807) is 0 Å². The maximum Gasteiger partial charge on any atom is 0.0853 e. The van der Waals surface area contributed by atoms with E-state index >= 15 is 0 Å². The summed E-state index contributed by atoms with van der Waals surface area (Å²) >= 11 is 0. The first-order chi connectivity index (χ1) is 11.0. The normalized spacial score (nSPS) is 38.0. The fourth-order valence-electron chi connectivity index (χ4n) is 5.17. The van der Waals surface area contributed by atoms with E-state index < -0.39 is 0 Å². The number of hydrogen-bond donors (Lipinski definition) is 0. The van der Waals surface area contributed by atoms with E-state index in [9.17, 15) is 0 Å². The van der Waals surface area contributed by atoms with Gasteiger partial charge in [0.1, 0.15) is 0 Å². The number of likely N-dealkylation sites (tertiary alicyclic amines) is 1. The molecular formula is C20H30N2O. The molecule has 3 fully saturated rings. The van der Waals surface area contributed by atoms with Crippen molar-refractivity contribution >= 4 is 0 Å². The Hall–Kier alpha value is -0.900. The Morgan fingerprint density at radius 3 is 2.57 bits per heavy atom. The largest absolute Gasteiger partial charge is 0.294 e. The summed E-state index contributed by atoms with van der Waals surface area (Å²) in [7, 11) is 0. The van der Waals surface area contributed by atoms with Crippen molar-refractivity contribution in [3.05, 3.63) is 35.9 Å². The van der Waals surface area contributed by atoms with E-state index in [1.807, 2.05) is 0 Å². The summed E-state index contributed by atoms with van der Waals surface area (Å²) in [5.41, 5.74) is 1.51. The van der Waals surface area contributed by atoms with Crippen molar-refractivity contribution < 1.29 is 4.84 Å². The van der Waals surface area contributed by atoms with E-state index in [0.717, 1.165) is 6.54 Å². The third-order valence-electron chi connectivity index (χ3n) is 6.09. The summed E-state index contributed by atoms with van der Waals surface area (Å²) in [5.74, 6) is 0.682. The van der Waals surface area contributed by atoms with Crippen molar-refractivity contribution in [3.63, 3.8) is 0 Å². The summed E-state index contributed by atoms with van der Waals surface area (Å²) in [6.07, 6.45) is 4.29. The zero-order valence-corrected chi connectivity index (χ0v) is 14.9. The zero-order chi connectivity index (χ0) is 16.2. The summed E-state index contributed by atoms with van der Waals surface area (Å²) in [4.78, 5) is 9.20. The van der Waals surface area contributed by atoms with E-state index in [2.05, 4.69) is 68.0 Å². The molecule has 0 bridgehead atoms. The molecule has 0 spiro atoms. The van der Waals surface area contributed by atoms with Crippen LogP contribution in [0.5, 0.6) is 0 Å². The molecule has 3 aliphatic rings. The lowest BCUT2D eigenvalue weighted by molar-refractivity contribution is -0.224. The van der Waals surface area contributed by atoms with Crippen molar-refractivity contribution in [2.24, 2.45) is 5.92 Å². The molecule has 2 heterocycles. The molecule has 0 aromatic heterocycles. The lowest BCUT2D eigenvalue weighted by Gasteiger charge is -2.39. The predicted molar refractivity (Wildman–Crippen MR) is 92.8 cm³/mol. The molecule has 23 heavy (non-hydrogen) atoms. The molecule has 2 aliphatic heterocycles. The van der Waals surface area contributed by atoms with Crippen LogP contribution >= 0.6 is 0 Å². The number of hydroxylamine groups is 2. The summed E-state index contributed by atoms with van der Waals surface area (Å²) in [6.45, 7) is 10.3. The molecule has 3 nitrogen and oxygen atoms in total. The molecule has 1 aromatic rings. The number of rotatable bonds is 2. The predicted octanol–water partition coefficient (Wildman–Crippen LogP) is 3.84. The molecule has 1 aliphatic carbocycles. The molecule has 5 atom stereocenters. The Bertz CT molecular complexity index is 553. The lowest BCUT2D eigenvalue weighted by Crippen LogP contribution is -2.50. The highest BCUT2D eigenvalue weighted by Gasteiger charge is 2.60. The van der Waals surface area contributed by atoms with Crippen molar-refractivity contribution in [1.29, 1.82) is 0 Å². The van der Waals surface area contributed by atoms with Crippen LogP contribution in [0.4, 0.5) is 0 Å². The standard InChI is InChI=1S/C20H30N2O/c1-14-19-18-16(21(14)13-15-9-6-5-7-10-15)11-8-12-17(18)23-22(19)20(2,3)4/h5-7,9-10,14,16-19H,8,11-13H2,1-4H3/t14-,16+,17-,18+,19-/m0/s1. The third kappa shape index (κ3) is 2.54. The summed E-state index contributed by atoms with van der Waals surface area (Å²) < 4.78 is 0. The molecule has 0 radical (unpaired) electrons. The first-order valence-corrected chi connectivity index (χ1v) is 9.22. The minimum atomic E-state index is 0.0730. The third-order valence-corrected chi connectivity index (χ3v) is 6.09. The van der Waals surface area contributed by atoms with Gasteiger partial charge in [-0.2, -0.15) is 5.06 Å². The molecule has 3 heteroatoms. The van der Waals surface area contributed by atoms with Gasteiger partial charge in [0, 0.05) is 30.1 Å². The molecule has 0 N–H and O–H groups in total. The Labute approximate surface area is 140 Å². The van der Waals surface area contributed by atoms with Crippen molar-refractivity contribution in [2.75, 3.05) is 0 Å². The fraction of sp³-hybridized carbons (Fsp3) is 0.700. The van der Waals surface area contributed by atoms with Gasteiger partial charge in [-0.25, -0.2) is 0 Å². The van der Waals surface area contributed by atoms with Crippen molar-refractivity contribution in [3.8, 4) is 0 Å². The Morgan fingerprint density at radius 1 is 1.13 bits per heavy atom. The smallest absolute Gasteiger partial charge is 0.0853 e. The Balaban J connectivity index is 1.63. The number of benzene rings is 1. The Morgan fingerprint density at radius 2 is 1.87 bits per heavy atom. The quantitative estimate of drug-likeness (QED) is 0.825. The molecular weight excluding hydrogens is 284 g/mol. The van der Waals surface area contributed by atoms with Crippen LogP contribution in [-0.4, -0.2) is 39.7 Å². The molecule has 2 saturated heterocycles. The van der Waals surface area contributed by atoms with Gasteiger partial charge >= 0.3 is 0 Å². The summed E-state index contributed by atoms with van der Waals surface area (Å²) in [5, 5.41) is 2.34. The van der Waals surface area contributed by atoms with Crippen LogP contribution < -0.4 is 0 Å². The first kappa shape index (κ1) is 15.6. The van der Waals surface area contributed by atoms with Gasteiger partial charge in [-0.1, -0.05) is 30.3 Å². The Kier molecular flexibility index (Phi) is 3.79. The molecule has 4 rings (SSSR count). The molecule has 1 saturated carbocycles. The average molecular weight is 314 g/mol. The van der Waals surface area contributed by atoms with E-state index in [4.69, 9.17) is 4.84 Å². The molecule has 1 aromatic carbocycles. The highest BCUT2D eigenvalue weighted by atomic mass is 16.7. The van der Waals surface area contributed by atoms with Crippen LogP contribution in [0.3, 0.4) is 0 Å². The molecule has 0 amide bonds. The zero-order valence-electron chi connectivity index (χ0n) is 14.9. The molecule has 126 valence electrons.